The average Bonchev–Trinajstić information content (AvgIpc) is 3.08. The quantitative estimate of drug-likeness (QED) is 0.284. The largest absolute Gasteiger partial charge is 0.507 e. The average molecular weight is 474 g/mol. The molecule has 0 bridgehead atoms. The minimum Gasteiger partial charge on any atom is -0.507 e. The van der Waals surface area contributed by atoms with Crippen molar-refractivity contribution in [3.63, 3.8) is 0 Å². The Labute approximate surface area is 204 Å². The Kier molecular flexibility index (Phi) is 6.24. The Morgan fingerprint density at radius 1 is 1.00 bits per heavy atom. The molecule has 0 aromatic heterocycles. The molecule has 4 rings (SSSR count). The molecular formula is C29H28FNO4. The van der Waals surface area contributed by atoms with Gasteiger partial charge in [0.15, 0.2) is 0 Å². The van der Waals surface area contributed by atoms with Crippen LogP contribution in [0.5, 0.6) is 5.75 Å². The zero-order valence-corrected chi connectivity index (χ0v) is 20.4. The van der Waals surface area contributed by atoms with Crippen LogP contribution in [0.1, 0.15) is 49.1 Å². The molecule has 1 N–H and O–H groups in total. The van der Waals surface area contributed by atoms with Crippen molar-refractivity contribution in [3.8, 4) is 5.75 Å². The smallest absolute Gasteiger partial charge is 0.300 e. The molecule has 35 heavy (non-hydrogen) atoms. The van der Waals surface area contributed by atoms with Gasteiger partial charge in [-0.1, -0.05) is 51.1 Å². The van der Waals surface area contributed by atoms with Gasteiger partial charge >= 0.3 is 0 Å². The van der Waals surface area contributed by atoms with Gasteiger partial charge in [0.1, 0.15) is 17.3 Å². The molecule has 3 aromatic rings. The molecule has 1 aliphatic heterocycles. The van der Waals surface area contributed by atoms with E-state index in [1.807, 2.05) is 39.8 Å². The van der Waals surface area contributed by atoms with Crippen LogP contribution in [0.25, 0.3) is 5.76 Å². The van der Waals surface area contributed by atoms with E-state index in [4.69, 9.17) is 4.74 Å². The normalized spacial score (nSPS) is 17.7. The Hall–Kier alpha value is -3.93. The molecule has 0 radical (unpaired) electrons. The van der Waals surface area contributed by atoms with Crippen LogP contribution in [-0.2, 0) is 15.0 Å². The van der Waals surface area contributed by atoms with Gasteiger partial charge in [-0.25, -0.2) is 4.39 Å². The minimum absolute atomic E-state index is 0.0764. The predicted octanol–water partition coefficient (Wildman–Crippen LogP) is 6.07. The SMILES string of the molecule is COc1ccc(C(C)(C)C)cc1/C(O)=C1\C(=O)C(=O)N(c2cccc(C)c2)C1c1ccc(F)cc1. The van der Waals surface area contributed by atoms with Crippen molar-refractivity contribution in [2.45, 2.75) is 39.2 Å². The third-order valence-electron chi connectivity index (χ3n) is 6.23. The maximum atomic E-state index is 13.8. The van der Waals surface area contributed by atoms with Crippen molar-refractivity contribution in [2.24, 2.45) is 0 Å². The first kappa shape index (κ1) is 24.2. The first-order chi connectivity index (χ1) is 16.5. The van der Waals surface area contributed by atoms with Crippen LogP contribution in [0.15, 0.2) is 72.3 Å². The number of amides is 1. The highest BCUT2D eigenvalue weighted by Crippen LogP contribution is 2.44. The highest BCUT2D eigenvalue weighted by Gasteiger charge is 2.47. The second kappa shape index (κ2) is 9.02. The van der Waals surface area contributed by atoms with Gasteiger partial charge in [-0.15, -0.1) is 0 Å². The summed E-state index contributed by atoms with van der Waals surface area (Å²) in [6.45, 7) is 7.99. The van der Waals surface area contributed by atoms with E-state index in [9.17, 15) is 19.1 Å². The van der Waals surface area contributed by atoms with Gasteiger partial charge in [0.05, 0.1) is 24.3 Å². The van der Waals surface area contributed by atoms with E-state index in [-0.39, 0.29) is 16.7 Å². The fraction of sp³-hybridized carbons (Fsp3) is 0.241. The zero-order valence-electron chi connectivity index (χ0n) is 20.4. The number of anilines is 1. The number of hydrogen-bond acceptors (Lipinski definition) is 4. The van der Waals surface area contributed by atoms with Gasteiger partial charge in [-0.3, -0.25) is 14.5 Å². The molecular weight excluding hydrogens is 445 g/mol. The van der Waals surface area contributed by atoms with Crippen LogP contribution in [0, 0.1) is 12.7 Å². The number of carbonyl (C=O) groups excluding carboxylic acids is 2. The molecule has 1 unspecified atom stereocenters. The van der Waals surface area contributed by atoms with Crippen molar-refractivity contribution >= 4 is 23.1 Å². The number of hydrogen-bond donors (Lipinski definition) is 1. The number of halogens is 1. The third-order valence-corrected chi connectivity index (χ3v) is 6.23. The van der Waals surface area contributed by atoms with Gasteiger partial charge in [0.2, 0.25) is 0 Å². The van der Waals surface area contributed by atoms with E-state index in [2.05, 4.69) is 0 Å². The molecule has 1 aliphatic rings. The molecule has 5 nitrogen and oxygen atoms in total. The summed E-state index contributed by atoms with van der Waals surface area (Å²) in [5.74, 6) is -1.99. The molecule has 3 aromatic carbocycles. The van der Waals surface area contributed by atoms with E-state index in [0.29, 0.717) is 22.6 Å². The lowest BCUT2D eigenvalue weighted by Gasteiger charge is -2.26. The number of rotatable bonds is 4. The summed E-state index contributed by atoms with van der Waals surface area (Å²) in [5, 5.41) is 11.5. The lowest BCUT2D eigenvalue weighted by molar-refractivity contribution is -0.132. The van der Waals surface area contributed by atoms with Gasteiger partial charge in [-0.05, 0) is 65.4 Å². The summed E-state index contributed by atoms with van der Waals surface area (Å²) in [6, 6.07) is 17.2. The second-order valence-electron chi connectivity index (χ2n) is 9.72. The van der Waals surface area contributed by atoms with Crippen molar-refractivity contribution in [2.75, 3.05) is 12.0 Å². The van der Waals surface area contributed by atoms with E-state index in [1.54, 1.807) is 30.3 Å². The molecule has 0 spiro atoms. The van der Waals surface area contributed by atoms with Gasteiger partial charge in [-0.2, -0.15) is 0 Å². The topological polar surface area (TPSA) is 66.8 Å². The lowest BCUT2D eigenvalue weighted by Crippen LogP contribution is -2.29. The monoisotopic (exact) mass is 473 g/mol. The number of nitrogens with zero attached hydrogens (tertiary/aromatic N) is 1. The van der Waals surface area contributed by atoms with Crippen LogP contribution >= 0.6 is 0 Å². The Balaban J connectivity index is 2.00. The zero-order chi connectivity index (χ0) is 25.5. The number of aryl methyl sites for hydroxylation is 1. The highest BCUT2D eigenvalue weighted by atomic mass is 19.1. The number of ketones is 1. The molecule has 6 heteroatoms. The van der Waals surface area contributed by atoms with Gasteiger partial charge in [0.25, 0.3) is 11.7 Å². The second-order valence-corrected chi connectivity index (χ2v) is 9.72. The Morgan fingerprint density at radius 3 is 2.29 bits per heavy atom. The molecule has 1 saturated heterocycles. The van der Waals surface area contributed by atoms with Crippen molar-refractivity contribution < 1.29 is 23.8 Å². The summed E-state index contributed by atoms with van der Waals surface area (Å²) in [4.78, 5) is 28.1. The van der Waals surface area contributed by atoms with Crippen LogP contribution in [0.3, 0.4) is 0 Å². The van der Waals surface area contributed by atoms with E-state index >= 15 is 0 Å². The summed E-state index contributed by atoms with van der Waals surface area (Å²) in [5.41, 5.74) is 2.84. The summed E-state index contributed by atoms with van der Waals surface area (Å²) in [7, 11) is 1.48. The minimum atomic E-state index is -0.944. The number of carbonyl (C=O) groups is 2. The van der Waals surface area contributed by atoms with Crippen molar-refractivity contribution in [1.29, 1.82) is 0 Å². The molecule has 1 heterocycles. The number of aliphatic hydroxyl groups excluding tert-OH is 1. The molecule has 1 atom stereocenters. The van der Waals surface area contributed by atoms with E-state index < -0.39 is 23.5 Å². The number of aliphatic hydroxyl groups is 1. The molecule has 1 fully saturated rings. The molecule has 1 amide bonds. The number of benzene rings is 3. The van der Waals surface area contributed by atoms with Crippen molar-refractivity contribution in [3.05, 3.63) is 100 Å². The van der Waals surface area contributed by atoms with E-state index in [1.165, 1.54) is 36.3 Å². The summed E-state index contributed by atoms with van der Waals surface area (Å²) in [6.07, 6.45) is 0. The highest BCUT2D eigenvalue weighted by molar-refractivity contribution is 6.51. The van der Waals surface area contributed by atoms with E-state index in [0.717, 1.165) is 11.1 Å². The maximum absolute atomic E-state index is 13.8. The lowest BCUT2D eigenvalue weighted by atomic mass is 9.85. The fourth-order valence-corrected chi connectivity index (χ4v) is 4.34. The maximum Gasteiger partial charge on any atom is 0.300 e. The Bertz CT molecular complexity index is 1340. The molecule has 0 saturated carbocycles. The van der Waals surface area contributed by atoms with Crippen LogP contribution in [0.4, 0.5) is 10.1 Å². The number of Topliss-reactive ketones (excluding diaryl/α,β-unsaturated/α-hetero) is 1. The Morgan fingerprint density at radius 2 is 1.69 bits per heavy atom. The van der Waals surface area contributed by atoms with Crippen molar-refractivity contribution in [1.82, 2.24) is 0 Å². The molecule has 180 valence electrons. The molecule has 0 aliphatic carbocycles. The predicted molar refractivity (Wildman–Crippen MR) is 134 cm³/mol. The van der Waals surface area contributed by atoms with Crippen LogP contribution < -0.4 is 9.64 Å². The summed E-state index contributed by atoms with van der Waals surface area (Å²) < 4.78 is 19.2. The third kappa shape index (κ3) is 4.44. The summed E-state index contributed by atoms with van der Waals surface area (Å²) >= 11 is 0. The van der Waals surface area contributed by atoms with Gasteiger partial charge < -0.3 is 9.84 Å². The van der Waals surface area contributed by atoms with Crippen LogP contribution in [-0.4, -0.2) is 23.9 Å². The first-order valence-corrected chi connectivity index (χ1v) is 11.3. The standard InChI is InChI=1S/C29H28FNO4/c1-17-7-6-8-21(15-17)31-25(18-9-12-20(30)13-10-18)24(27(33)28(31)34)26(32)22-16-19(29(2,3)4)11-14-23(22)35-5/h6-16,25,32H,1-5H3/b26-24+. The number of methoxy groups -OCH3 is 1. The number of ether oxygens (including phenoxy) is 1. The first-order valence-electron chi connectivity index (χ1n) is 11.3. The van der Waals surface area contributed by atoms with Gasteiger partial charge in [0, 0.05) is 5.69 Å². The fourth-order valence-electron chi connectivity index (χ4n) is 4.34. The van der Waals surface area contributed by atoms with Crippen LogP contribution in [0.2, 0.25) is 0 Å².